The lowest BCUT2D eigenvalue weighted by atomic mass is 10.0. The van der Waals surface area contributed by atoms with Gasteiger partial charge in [0.1, 0.15) is 5.75 Å². The molecule has 22 heavy (non-hydrogen) atoms. The number of hydrogen-bond donors (Lipinski definition) is 0. The molecule has 3 nitrogen and oxygen atoms in total. The summed E-state index contributed by atoms with van der Waals surface area (Å²) in [6.07, 6.45) is 2.21. The molecule has 0 saturated heterocycles. The van der Waals surface area contributed by atoms with E-state index in [-0.39, 0.29) is 5.78 Å². The van der Waals surface area contributed by atoms with Crippen LogP contribution in [0.4, 0.5) is 5.69 Å². The van der Waals surface area contributed by atoms with Crippen LogP contribution < -0.4 is 9.64 Å². The molecule has 0 N–H and O–H groups in total. The summed E-state index contributed by atoms with van der Waals surface area (Å²) in [6, 6.07) is 15.8. The number of rotatable bonds is 5. The van der Waals surface area contributed by atoms with Crippen molar-refractivity contribution in [2.24, 2.45) is 0 Å². The Morgan fingerprint density at radius 1 is 1.14 bits per heavy atom. The Kier molecular flexibility index (Phi) is 4.42. The molecular formula is C19H21NO2. The topological polar surface area (TPSA) is 29.5 Å². The van der Waals surface area contributed by atoms with Crippen LogP contribution in [0.25, 0.3) is 0 Å². The molecule has 1 heterocycles. The molecule has 1 aliphatic heterocycles. The van der Waals surface area contributed by atoms with Gasteiger partial charge >= 0.3 is 0 Å². The number of Topliss-reactive ketones (excluding diaryl/α,β-unsaturated/α-hetero) is 1. The molecule has 0 radical (unpaired) electrons. The van der Waals surface area contributed by atoms with E-state index in [0.29, 0.717) is 13.2 Å². The van der Waals surface area contributed by atoms with Gasteiger partial charge in [-0.25, -0.2) is 0 Å². The van der Waals surface area contributed by atoms with Crippen LogP contribution in [-0.2, 0) is 6.42 Å². The molecule has 0 bridgehead atoms. The number of carbonyl (C=O) groups excluding carboxylic acids is 1. The number of para-hydroxylation sites is 1. The van der Waals surface area contributed by atoms with Crippen LogP contribution in [0.15, 0.2) is 48.5 Å². The van der Waals surface area contributed by atoms with Crippen LogP contribution in [0.1, 0.15) is 29.3 Å². The highest BCUT2D eigenvalue weighted by Gasteiger charge is 2.19. The zero-order valence-electron chi connectivity index (χ0n) is 12.9. The molecule has 3 heteroatoms. The van der Waals surface area contributed by atoms with Crippen molar-refractivity contribution >= 4 is 11.5 Å². The highest BCUT2D eigenvalue weighted by atomic mass is 16.5. The van der Waals surface area contributed by atoms with E-state index in [2.05, 4.69) is 23.1 Å². The fraction of sp³-hybridized carbons (Fsp3) is 0.316. The van der Waals surface area contributed by atoms with Crippen LogP contribution in [-0.4, -0.2) is 25.5 Å². The first-order valence-corrected chi connectivity index (χ1v) is 7.87. The van der Waals surface area contributed by atoms with Gasteiger partial charge < -0.3 is 9.64 Å². The van der Waals surface area contributed by atoms with Gasteiger partial charge in [0.2, 0.25) is 0 Å². The molecule has 2 aromatic rings. The van der Waals surface area contributed by atoms with E-state index >= 15 is 0 Å². The zero-order chi connectivity index (χ0) is 15.4. The van der Waals surface area contributed by atoms with Gasteiger partial charge in [0, 0.05) is 17.8 Å². The molecule has 0 saturated carbocycles. The van der Waals surface area contributed by atoms with Crippen molar-refractivity contribution in [3.63, 3.8) is 0 Å². The summed E-state index contributed by atoms with van der Waals surface area (Å²) in [4.78, 5) is 14.7. The van der Waals surface area contributed by atoms with Gasteiger partial charge in [-0.05, 0) is 55.7 Å². The Labute approximate surface area is 131 Å². The van der Waals surface area contributed by atoms with Crippen molar-refractivity contribution in [2.75, 3.05) is 24.6 Å². The molecule has 0 atom stereocenters. The van der Waals surface area contributed by atoms with Gasteiger partial charge in [0.05, 0.1) is 13.2 Å². The molecule has 0 aliphatic carbocycles. The second kappa shape index (κ2) is 6.65. The number of nitrogens with zero attached hydrogens (tertiary/aromatic N) is 1. The van der Waals surface area contributed by atoms with Crippen molar-refractivity contribution in [1.82, 2.24) is 0 Å². The van der Waals surface area contributed by atoms with Crippen molar-refractivity contribution in [3.8, 4) is 5.75 Å². The Morgan fingerprint density at radius 3 is 2.68 bits per heavy atom. The Hall–Kier alpha value is -2.29. The number of ether oxygens (including phenoxy) is 1. The molecular weight excluding hydrogens is 274 g/mol. The summed E-state index contributed by atoms with van der Waals surface area (Å²) in [5.74, 6) is 0.960. The van der Waals surface area contributed by atoms with Crippen LogP contribution in [0.3, 0.4) is 0 Å². The lowest BCUT2D eigenvalue weighted by Crippen LogP contribution is -2.34. The maximum absolute atomic E-state index is 12.5. The first-order valence-electron chi connectivity index (χ1n) is 7.87. The summed E-state index contributed by atoms with van der Waals surface area (Å²) < 4.78 is 5.42. The number of carbonyl (C=O) groups is 1. The van der Waals surface area contributed by atoms with E-state index in [4.69, 9.17) is 4.74 Å². The number of hydrogen-bond acceptors (Lipinski definition) is 3. The highest BCUT2D eigenvalue weighted by Crippen LogP contribution is 2.26. The Morgan fingerprint density at radius 2 is 1.91 bits per heavy atom. The molecule has 1 aliphatic rings. The summed E-state index contributed by atoms with van der Waals surface area (Å²) in [5.41, 5.74) is 3.28. The van der Waals surface area contributed by atoms with Crippen LogP contribution in [0.2, 0.25) is 0 Å². The predicted octanol–water partition coefficient (Wildman–Crippen LogP) is 3.72. The van der Waals surface area contributed by atoms with Gasteiger partial charge in [0.25, 0.3) is 0 Å². The standard InChI is InChI=1S/C19H21NO2/c1-2-22-17-11-9-16(10-12-17)19(21)14-20-13-5-7-15-6-3-4-8-18(15)20/h3-4,6,8-12H,2,5,7,13-14H2,1H3. The van der Waals surface area contributed by atoms with Gasteiger partial charge in [-0.15, -0.1) is 0 Å². The molecule has 2 aromatic carbocycles. The fourth-order valence-electron chi connectivity index (χ4n) is 2.94. The van der Waals surface area contributed by atoms with Crippen molar-refractivity contribution in [1.29, 1.82) is 0 Å². The average molecular weight is 295 g/mol. The third-order valence-corrected chi connectivity index (χ3v) is 4.03. The van der Waals surface area contributed by atoms with E-state index in [1.807, 2.05) is 37.3 Å². The number of aryl methyl sites for hydroxylation is 1. The van der Waals surface area contributed by atoms with Gasteiger partial charge in [-0.3, -0.25) is 4.79 Å². The molecule has 3 rings (SSSR count). The lowest BCUT2D eigenvalue weighted by Gasteiger charge is -2.30. The number of anilines is 1. The van der Waals surface area contributed by atoms with Gasteiger partial charge in [0.15, 0.2) is 5.78 Å². The second-order valence-corrected chi connectivity index (χ2v) is 5.53. The molecule has 0 fully saturated rings. The van der Waals surface area contributed by atoms with E-state index in [0.717, 1.165) is 30.7 Å². The van der Waals surface area contributed by atoms with Crippen LogP contribution in [0.5, 0.6) is 5.75 Å². The first kappa shape index (κ1) is 14.6. The van der Waals surface area contributed by atoms with Gasteiger partial charge in [-0.2, -0.15) is 0 Å². The predicted molar refractivity (Wildman–Crippen MR) is 88.9 cm³/mol. The quantitative estimate of drug-likeness (QED) is 0.787. The minimum Gasteiger partial charge on any atom is -0.494 e. The van der Waals surface area contributed by atoms with Crippen LogP contribution >= 0.6 is 0 Å². The van der Waals surface area contributed by atoms with E-state index in [9.17, 15) is 4.79 Å². The number of benzene rings is 2. The summed E-state index contributed by atoms with van der Waals surface area (Å²) in [6.45, 7) is 3.97. The third kappa shape index (κ3) is 3.14. The summed E-state index contributed by atoms with van der Waals surface area (Å²) in [5, 5.41) is 0. The molecule has 0 unspecified atom stereocenters. The Balaban J connectivity index is 1.72. The minimum absolute atomic E-state index is 0.153. The SMILES string of the molecule is CCOc1ccc(C(=O)CN2CCCc3ccccc32)cc1. The Bertz CT molecular complexity index is 649. The minimum atomic E-state index is 0.153. The molecule has 0 spiro atoms. The maximum Gasteiger partial charge on any atom is 0.182 e. The largest absolute Gasteiger partial charge is 0.494 e. The van der Waals surface area contributed by atoms with Crippen molar-refractivity contribution in [2.45, 2.75) is 19.8 Å². The van der Waals surface area contributed by atoms with E-state index in [1.165, 1.54) is 11.3 Å². The average Bonchev–Trinajstić information content (AvgIpc) is 2.56. The number of fused-ring (bicyclic) bond motifs is 1. The van der Waals surface area contributed by atoms with E-state index in [1.54, 1.807) is 0 Å². The monoisotopic (exact) mass is 295 g/mol. The maximum atomic E-state index is 12.5. The molecule has 114 valence electrons. The fourth-order valence-corrected chi connectivity index (χ4v) is 2.94. The van der Waals surface area contributed by atoms with Gasteiger partial charge in [-0.1, -0.05) is 18.2 Å². The van der Waals surface area contributed by atoms with Crippen molar-refractivity contribution < 1.29 is 9.53 Å². The number of ketones is 1. The van der Waals surface area contributed by atoms with Crippen molar-refractivity contribution in [3.05, 3.63) is 59.7 Å². The normalized spacial score (nSPS) is 13.6. The zero-order valence-corrected chi connectivity index (χ0v) is 12.9. The van der Waals surface area contributed by atoms with E-state index < -0.39 is 0 Å². The van der Waals surface area contributed by atoms with Crippen LogP contribution in [0, 0.1) is 0 Å². The summed E-state index contributed by atoms with van der Waals surface area (Å²) >= 11 is 0. The summed E-state index contributed by atoms with van der Waals surface area (Å²) in [7, 11) is 0. The first-order chi connectivity index (χ1) is 10.8. The second-order valence-electron chi connectivity index (χ2n) is 5.53. The smallest absolute Gasteiger partial charge is 0.182 e. The lowest BCUT2D eigenvalue weighted by molar-refractivity contribution is 0.0998. The highest BCUT2D eigenvalue weighted by molar-refractivity contribution is 5.99. The molecule has 0 amide bonds. The third-order valence-electron chi connectivity index (χ3n) is 4.03. The molecule has 0 aromatic heterocycles.